The molecule has 0 aromatic heterocycles. The van der Waals surface area contributed by atoms with Gasteiger partial charge in [0.05, 0.1) is 0 Å². The van der Waals surface area contributed by atoms with Crippen molar-refractivity contribution in [3.8, 4) is 0 Å². The van der Waals surface area contributed by atoms with Crippen LogP contribution in [-0.4, -0.2) is 6.16 Å². The summed E-state index contributed by atoms with van der Waals surface area (Å²) in [7, 11) is 0. The smallest absolute Gasteiger partial charge is 1.00 e. The minimum atomic E-state index is -2.33. The quantitative estimate of drug-likeness (QED) is 0.373. The molecule has 33 valence electrons. The van der Waals surface area contributed by atoms with Crippen LogP contribution in [-0.2, 0) is 32.7 Å². The molecule has 0 amide bonds. The van der Waals surface area contributed by atoms with Crippen molar-refractivity contribution in [3.63, 3.8) is 0 Å². The molecule has 8 heavy (non-hydrogen) atoms. The number of carboxylic acid groups (broad SMARTS) is 2. The number of hydrogen-bond donors (Lipinski definition) is 0. The molecular formula is CCeFLaO3Y+6. The molecule has 0 aliphatic heterocycles. The van der Waals surface area contributed by atoms with Gasteiger partial charge in [-0.05, 0) is 6.16 Å². The molecule has 3 nitrogen and oxygen atoms in total. The van der Waals surface area contributed by atoms with Crippen molar-refractivity contribution in [3.05, 3.63) is 0 Å². The van der Waals surface area contributed by atoms with Crippen LogP contribution in [0.15, 0.2) is 0 Å². The molecule has 0 unspecified atom stereocenters. The van der Waals surface area contributed by atoms with E-state index >= 15 is 0 Å². The SMILES string of the molecule is O=C([O-])[O-].[Ce+3].[F-].[La+3].[Y+3]. The molecule has 0 aromatic rings. The van der Waals surface area contributed by atoms with Gasteiger partial charge in [0.15, 0.2) is 0 Å². The zero-order valence-electron chi connectivity index (χ0n) is 3.76. The number of hydrogen-bond acceptors (Lipinski definition) is 3. The summed E-state index contributed by atoms with van der Waals surface area (Å²) >= 11 is 0. The van der Waals surface area contributed by atoms with E-state index in [1.165, 1.54) is 0 Å². The fourth-order valence-electron chi connectivity index (χ4n) is 0. The van der Waals surface area contributed by atoms with E-state index in [4.69, 9.17) is 15.0 Å². The van der Waals surface area contributed by atoms with Gasteiger partial charge < -0.3 is 19.7 Å². The molecule has 0 aromatic carbocycles. The number of rotatable bonds is 0. The molecular weight excluding hydrogens is 447 g/mol. The van der Waals surface area contributed by atoms with Gasteiger partial charge in [-0.1, -0.05) is 0 Å². The maximum Gasteiger partial charge on any atom is 3.00 e. The van der Waals surface area contributed by atoms with Gasteiger partial charge >= 0.3 is 110 Å². The van der Waals surface area contributed by atoms with Gasteiger partial charge in [-0.2, -0.15) is 0 Å². The summed E-state index contributed by atoms with van der Waals surface area (Å²) < 4.78 is 0. The van der Waals surface area contributed by atoms with Crippen molar-refractivity contribution in [1.82, 2.24) is 0 Å². The molecule has 0 aliphatic rings. The average Bonchev–Trinajstić information content (AvgIpc) is 0.811. The van der Waals surface area contributed by atoms with Crippen molar-refractivity contribution < 1.29 is 130 Å². The van der Waals surface area contributed by atoms with Crippen molar-refractivity contribution in [2.24, 2.45) is 0 Å². The van der Waals surface area contributed by atoms with Gasteiger partial charge in [-0.15, -0.1) is 0 Å². The van der Waals surface area contributed by atoms with Crippen LogP contribution in [0.4, 0.5) is 4.79 Å². The van der Waals surface area contributed by atoms with Crippen LogP contribution >= 0.6 is 0 Å². The molecule has 0 spiro atoms. The van der Waals surface area contributed by atoms with Gasteiger partial charge in [-0.25, -0.2) is 0 Å². The Morgan fingerprint density at radius 3 is 1.25 bits per heavy atom. The maximum atomic E-state index is 8.33. The van der Waals surface area contributed by atoms with E-state index in [1.54, 1.807) is 0 Å². The number of carbonyl (C=O) groups excluding carboxylic acids is 1. The van der Waals surface area contributed by atoms with Gasteiger partial charge in [0.25, 0.3) is 0 Å². The Labute approximate surface area is 133 Å². The molecule has 0 N–H and O–H groups in total. The van der Waals surface area contributed by atoms with Crippen LogP contribution in [0.25, 0.3) is 0 Å². The van der Waals surface area contributed by atoms with E-state index in [2.05, 4.69) is 0 Å². The van der Waals surface area contributed by atoms with Crippen molar-refractivity contribution in [1.29, 1.82) is 0 Å². The van der Waals surface area contributed by atoms with E-state index in [1.807, 2.05) is 0 Å². The number of carbonyl (C=O) groups is 1. The summed E-state index contributed by atoms with van der Waals surface area (Å²) in [5.41, 5.74) is 0. The molecule has 0 atom stereocenters. The second kappa shape index (κ2) is 22.5. The summed E-state index contributed by atoms with van der Waals surface area (Å²) in [6.45, 7) is 0. The summed E-state index contributed by atoms with van der Waals surface area (Å²) in [4.78, 5) is 8.33. The van der Waals surface area contributed by atoms with Crippen LogP contribution < -0.4 is 14.9 Å². The predicted octanol–water partition coefficient (Wildman–Crippen LogP) is -5.45. The van der Waals surface area contributed by atoms with Crippen molar-refractivity contribution >= 4 is 6.16 Å². The molecule has 1 radical (unpaired) electrons. The Morgan fingerprint density at radius 1 is 1.25 bits per heavy atom. The van der Waals surface area contributed by atoms with Crippen LogP contribution in [0, 0.1) is 77.3 Å². The standard InChI is InChI=1S/CH2O3.Ce.FH.La.Y/c2-1(3)4;;;;/h(H2,2,3,4);;1H;;/q;+3;;2*+3/p-3. The summed E-state index contributed by atoms with van der Waals surface area (Å²) in [5.74, 6) is 0. The zero-order valence-corrected chi connectivity index (χ0v) is 13.4. The third-order valence-corrected chi connectivity index (χ3v) is 0. The van der Waals surface area contributed by atoms with E-state index in [9.17, 15) is 0 Å². The predicted molar refractivity (Wildman–Crippen MR) is 5.40 cm³/mol. The molecule has 0 saturated carbocycles. The average molecular weight is 447 g/mol. The fourth-order valence-corrected chi connectivity index (χ4v) is 0. The Bertz CT molecular complexity index is 42.3. The summed E-state index contributed by atoms with van der Waals surface area (Å²) in [5, 5.41) is 16.7. The molecule has 0 rings (SSSR count). The Morgan fingerprint density at radius 2 is 1.25 bits per heavy atom. The Hall–Kier alpha value is 2.88. The van der Waals surface area contributed by atoms with Gasteiger partial charge in [0.1, 0.15) is 0 Å². The van der Waals surface area contributed by atoms with Gasteiger partial charge in [0, 0.05) is 0 Å². The van der Waals surface area contributed by atoms with Crippen LogP contribution in [0.1, 0.15) is 0 Å². The van der Waals surface area contributed by atoms with E-state index in [0.29, 0.717) is 0 Å². The normalized spacial score (nSPS) is 3.00. The van der Waals surface area contributed by atoms with E-state index in [-0.39, 0.29) is 115 Å². The minimum absolute atomic E-state index is 0. The molecule has 0 bridgehead atoms. The summed E-state index contributed by atoms with van der Waals surface area (Å²) in [6, 6.07) is 0. The van der Waals surface area contributed by atoms with Crippen molar-refractivity contribution in [2.45, 2.75) is 0 Å². The third-order valence-electron chi connectivity index (χ3n) is 0. The van der Waals surface area contributed by atoms with E-state index in [0.717, 1.165) is 0 Å². The monoisotopic (exact) mass is 447 g/mol. The van der Waals surface area contributed by atoms with Crippen LogP contribution in [0.5, 0.6) is 0 Å². The first-order chi connectivity index (χ1) is 1.73. The van der Waals surface area contributed by atoms with Gasteiger partial charge in [0.2, 0.25) is 0 Å². The van der Waals surface area contributed by atoms with Crippen LogP contribution in [0.3, 0.4) is 0 Å². The molecule has 0 aliphatic carbocycles. The molecule has 0 heterocycles. The Balaban J connectivity index is -0.00000000750. The molecule has 0 saturated heterocycles. The largest absolute Gasteiger partial charge is 3.00 e. The number of halogens is 1. The maximum absolute atomic E-state index is 8.33. The first-order valence-electron chi connectivity index (χ1n) is 0.612. The first-order valence-corrected chi connectivity index (χ1v) is 0.612. The molecule has 7 heteroatoms. The first kappa shape index (κ1) is 30.7. The Kier molecular flexibility index (Phi) is 86.5. The summed E-state index contributed by atoms with van der Waals surface area (Å²) in [6.07, 6.45) is -2.33. The topological polar surface area (TPSA) is 63.2 Å². The second-order valence-corrected chi connectivity index (χ2v) is 0.250. The van der Waals surface area contributed by atoms with Crippen LogP contribution in [0.2, 0.25) is 0 Å². The minimum Gasteiger partial charge on any atom is -1.00 e. The third kappa shape index (κ3) is 66.6. The fraction of sp³-hybridized carbons (Fsp3) is 0. The zero-order chi connectivity index (χ0) is 3.58. The molecule has 0 fully saturated rings. The van der Waals surface area contributed by atoms with Gasteiger partial charge in [-0.3, -0.25) is 0 Å². The van der Waals surface area contributed by atoms with Crippen molar-refractivity contribution in [2.75, 3.05) is 0 Å². The van der Waals surface area contributed by atoms with E-state index < -0.39 is 6.16 Å². The second-order valence-electron chi connectivity index (χ2n) is 0.250.